The van der Waals surface area contributed by atoms with E-state index in [1.165, 1.54) is 13.2 Å². The zero-order valence-corrected chi connectivity index (χ0v) is 18.7. The van der Waals surface area contributed by atoms with Crippen LogP contribution in [0, 0.1) is 0 Å². The number of methoxy groups -OCH3 is 1. The van der Waals surface area contributed by atoms with Crippen LogP contribution in [0.4, 0.5) is 13.2 Å². The molecule has 162 valence electrons. The van der Waals surface area contributed by atoms with Gasteiger partial charge in [0.05, 0.1) is 13.7 Å². The zero-order chi connectivity index (χ0) is 20.1. The third-order valence-electron chi connectivity index (χ3n) is 3.35. The van der Waals surface area contributed by atoms with Crippen molar-refractivity contribution in [3.63, 3.8) is 0 Å². The number of nitrogens with zero attached hydrogens (tertiary/aromatic N) is 1. The van der Waals surface area contributed by atoms with Gasteiger partial charge in [-0.2, -0.15) is 13.2 Å². The molecule has 0 fully saturated rings. The Morgan fingerprint density at radius 1 is 1.14 bits per heavy atom. The van der Waals surface area contributed by atoms with E-state index < -0.39 is 12.8 Å². The summed E-state index contributed by atoms with van der Waals surface area (Å²) in [6, 6.07) is 4.74. The lowest BCUT2D eigenvalue weighted by Crippen LogP contribution is -2.38. The van der Waals surface area contributed by atoms with Crippen molar-refractivity contribution in [3.05, 3.63) is 23.8 Å². The monoisotopic (exact) mass is 519 g/mol. The van der Waals surface area contributed by atoms with Crippen LogP contribution in [0.1, 0.15) is 25.8 Å². The predicted octanol–water partition coefficient (Wildman–Crippen LogP) is 3.74. The lowest BCUT2D eigenvalue weighted by atomic mass is 10.2. The van der Waals surface area contributed by atoms with E-state index in [0.717, 1.165) is 18.5 Å². The molecule has 0 aliphatic rings. The highest BCUT2D eigenvalue weighted by atomic mass is 127. The van der Waals surface area contributed by atoms with E-state index in [1.807, 2.05) is 13.8 Å². The molecule has 0 amide bonds. The van der Waals surface area contributed by atoms with E-state index in [1.54, 1.807) is 12.1 Å². The molecule has 0 aliphatic carbocycles. The maximum atomic E-state index is 12.3. The highest BCUT2D eigenvalue weighted by molar-refractivity contribution is 14.0. The molecule has 28 heavy (non-hydrogen) atoms. The van der Waals surface area contributed by atoms with E-state index >= 15 is 0 Å². The van der Waals surface area contributed by atoms with Gasteiger partial charge in [-0.1, -0.05) is 6.07 Å². The highest BCUT2D eigenvalue weighted by Crippen LogP contribution is 2.30. The van der Waals surface area contributed by atoms with Crippen molar-refractivity contribution in [2.24, 2.45) is 4.99 Å². The fourth-order valence-corrected chi connectivity index (χ4v) is 2.13. The smallest absolute Gasteiger partial charge is 0.422 e. The van der Waals surface area contributed by atoms with Crippen molar-refractivity contribution >= 4 is 29.9 Å². The van der Waals surface area contributed by atoms with Crippen LogP contribution in [0.25, 0.3) is 0 Å². The van der Waals surface area contributed by atoms with Crippen molar-refractivity contribution in [1.82, 2.24) is 10.6 Å². The number of hydrogen-bond donors (Lipinski definition) is 2. The van der Waals surface area contributed by atoms with Gasteiger partial charge in [0, 0.05) is 26.3 Å². The Morgan fingerprint density at radius 2 is 1.89 bits per heavy atom. The first-order chi connectivity index (χ1) is 12.9. The van der Waals surface area contributed by atoms with E-state index in [0.29, 0.717) is 32.3 Å². The van der Waals surface area contributed by atoms with Crippen LogP contribution in [-0.2, 0) is 11.3 Å². The van der Waals surface area contributed by atoms with Crippen LogP contribution in [0.2, 0.25) is 0 Å². The number of rotatable bonds is 11. The van der Waals surface area contributed by atoms with Gasteiger partial charge in [-0.3, -0.25) is 0 Å². The molecule has 1 rings (SSSR count). The lowest BCUT2D eigenvalue weighted by molar-refractivity contribution is -0.153. The molecule has 0 unspecified atom stereocenters. The van der Waals surface area contributed by atoms with Crippen molar-refractivity contribution in [2.45, 2.75) is 33.0 Å². The SMILES string of the molecule is CCNC(=NCc1ccc(OCC(F)(F)F)c(OC)c1)NCCCOCC.I. The number of guanidine groups is 1. The largest absolute Gasteiger partial charge is 0.493 e. The summed E-state index contributed by atoms with van der Waals surface area (Å²) in [6.45, 7) is 5.70. The number of halogens is 4. The Balaban J connectivity index is 0.00000729. The summed E-state index contributed by atoms with van der Waals surface area (Å²) in [5.74, 6) is 0.940. The third-order valence-corrected chi connectivity index (χ3v) is 3.35. The minimum absolute atomic E-state index is 0. The van der Waals surface area contributed by atoms with E-state index in [4.69, 9.17) is 14.2 Å². The molecule has 0 bridgehead atoms. The molecule has 6 nitrogen and oxygen atoms in total. The van der Waals surface area contributed by atoms with Gasteiger partial charge in [-0.15, -0.1) is 24.0 Å². The van der Waals surface area contributed by atoms with Crippen LogP contribution >= 0.6 is 24.0 Å². The van der Waals surface area contributed by atoms with Crippen molar-refractivity contribution in [2.75, 3.05) is 40.0 Å². The number of ether oxygens (including phenoxy) is 3. The zero-order valence-electron chi connectivity index (χ0n) is 16.4. The first kappa shape index (κ1) is 26.6. The molecule has 10 heteroatoms. The average molecular weight is 519 g/mol. The average Bonchev–Trinajstić information content (AvgIpc) is 2.63. The van der Waals surface area contributed by atoms with Gasteiger partial charge in [0.25, 0.3) is 0 Å². The Kier molecular flexibility index (Phi) is 13.8. The summed E-state index contributed by atoms with van der Waals surface area (Å²) >= 11 is 0. The minimum atomic E-state index is -4.40. The summed E-state index contributed by atoms with van der Waals surface area (Å²) in [4.78, 5) is 4.47. The molecule has 0 aromatic heterocycles. The number of alkyl halides is 3. The number of hydrogen-bond acceptors (Lipinski definition) is 4. The second kappa shape index (κ2) is 14.6. The van der Waals surface area contributed by atoms with Crippen molar-refractivity contribution in [1.29, 1.82) is 0 Å². The first-order valence-electron chi connectivity index (χ1n) is 8.86. The molecule has 1 aromatic carbocycles. The molecule has 0 aliphatic heterocycles. The van der Waals surface area contributed by atoms with Crippen LogP contribution < -0.4 is 20.1 Å². The number of nitrogens with one attached hydrogen (secondary N) is 2. The van der Waals surface area contributed by atoms with Crippen LogP contribution in [-0.4, -0.2) is 52.2 Å². The van der Waals surface area contributed by atoms with Crippen LogP contribution in [0.5, 0.6) is 11.5 Å². The summed E-state index contributed by atoms with van der Waals surface area (Å²) in [5, 5.41) is 6.34. The molecule has 0 saturated heterocycles. The van der Waals surface area contributed by atoms with E-state index in [2.05, 4.69) is 15.6 Å². The fourth-order valence-electron chi connectivity index (χ4n) is 2.13. The highest BCUT2D eigenvalue weighted by Gasteiger charge is 2.29. The second-order valence-corrected chi connectivity index (χ2v) is 5.56. The maximum absolute atomic E-state index is 12.3. The number of aliphatic imine (C=N–C) groups is 1. The van der Waals surface area contributed by atoms with Gasteiger partial charge >= 0.3 is 6.18 Å². The molecule has 2 N–H and O–H groups in total. The predicted molar refractivity (Wildman–Crippen MR) is 114 cm³/mol. The maximum Gasteiger partial charge on any atom is 0.422 e. The standard InChI is InChI=1S/C18H28F3N3O3.HI/c1-4-22-17(23-9-6-10-26-5-2)24-12-14-7-8-15(16(11-14)25-3)27-13-18(19,20)21;/h7-8,11H,4-6,9-10,12-13H2,1-3H3,(H2,22,23,24);1H. The van der Waals surface area contributed by atoms with Gasteiger partial charge in [0.1, 0.15) is 0 Å². The van der Waals surface area contributed by atoms with Gasteiger partial charge in [0.2, 0.25) is 0 Å². The van der Waals surface area contributed by atoms with Crippen molar-refractivity contribution < 1.29 is 27.4 Å². The van der Waals surface area contributed by atoms with E-state index in [-0.39, 0.29) is 35.5 Å². The Morgan fingerprint density at radius 3 is 2.50 bits per heavy atom. The molecule has 1 aromatic rings. The third kappa shape index (κ3) is 11.4. The molecular formula is C18H29F3IN3O3. The van der Waals surface area contributed by atoms with Crippen LogP contribution in [0.3, 0.4) is 0 Å². The topological polar surface area (TPSA) is 64.1 Å². The van der Waals surface area contributed by atoms with Gasteiger partial charge in [-0.25, -0.2) is 4.99 Å². The Bertz CT molecular complexity index is 587. The quantitative estimate of drug-likeness (QED) is 0.202. The lowest BCUT2D eigenvalue weighted by Gasteiger charge is -2.14. The van der Waals surface area contributed by atoms with Crippen LogP contribution in [0.15, 0.2) is 23.2 Å². The molecule has 0 saturated carbocycles. The normalized spacial score (nSPS) is 11.6. The van der Waals surface area contributed by atoms with Gasteiger partial charge in [-0.05, 0) is 38.0 Å². The van der Waals surface area contributed by atoms with Crippen molar-refractivity contribution in [3.8, 4) is 11.5 Å². The molecule has 0 spiro atoms. The Hall–Kier alpha value is -1.43. The number of benzene rings is 1. The second-order valence-electron chi connectivity index (χ2n) is 5.56. The molecule has 0 heterocycles. The fraction of sp³-hybridized carbons (Fsp3) is 0.611. The summed E-state index contributed by atoms with van der Waals surface area (Å²) in [7, 11) is 1.38. The first-order valence-corrected chi connectivity index (χ1v) is 8.86. The molecule has 0 radical (unpaired) electrons. The Labute approximate surface area is 181 Å². The summed E-state index contributed by atoms with van der Waals surface area (Å²) < 4.78 is 52.1. The summed E-state index contributed by atoms with van der Waals surface area (Å²) in [5.41, 5.74) is 0.790. The molecule has 0 atom stereocenters. The van der Waals surface area contributed by atoms with Gasteiger partial charge in [0.15, 0.2) is 24.1 Å². The molecular weight excluding hydrogens is 490 g/mol. The minimum Gasteiger partial charge on any atom is -0.493 e. The van der Waals surface area contributed by atoms with Gasteiger partial charge < -0.3 is 24.8 Å². The van der Waals surface area contributed by atoms with E-state index in [9.17, 15) is 13.2 Å². The summed E-state index contributed by atoms with van der Waals surface area (Å²) in [6.07, 6.45) is -3.54.